The highest BCUT2D eigenvalue weighted by Gasteiger charge is 2.10. The van der Waals surface area contributed by atoms with Gasteiger partial charge in [0.2, 0.25) is 0 Å². The van der Waals surface area contributed by atoms with Crippen molar-refractivity contribution in [3.05, 3.63) is 28.8 Å². The van der Waals surface area contributed by atoms with Gasteiger partial charge >= 0.3 is 0 Å². The van der Waals surface area contributed by atoms with Crippen LogP contribution in [0.1, 0.15) is 12.0 Å². The fraction of sp³-hybridized carbons (Fsp3) is 0.500. The zero-order chi connectivity index (χ0) is 14.8. The van der Waals surface area contributed by atoms with Gasteiger partial charge in [-0.25, -0.2) is 0 Å². The van der Waals surface area contributed by atoms with Crippen LogP contribution in [0.15, 0.2) is 18.2 Å². The fourth-order valence-corrected chi connectivity index (χ4v) is 1.95. The quantitative estimate of drug-likeness (QED) is 0.676. The molecule has 0 heterocycles. The second-order valence-electron chi connectivity index (χ2n) is 4.25. The molecule has 3 N–H and O–H groups in total. The number of ether oxygens (including phenoxy) is 2. The molecule has 1 aromatic carbocycles. The Morgan fingerprint density at radius 1 is 1.45 bits per heavy atom. The Balaban J connectivity index is 2.46. The van der Waals surface area contributed by atoms with Crippen molar-refractivity contribution < 1.29 is 14.3 Å². The summed E-state index contributed by atoms with van der Waals surface area (Å²) in [4.78, 5) is 11.6. The van der Waals surface area contributed by atoms with Crippen molar-refractivity contribution in [3.8, 4) is 5.75 Å². The first-order valence-electron chi connectivity index (χ1n) is 6.55. The molecule has 1 rings (SSSR count). The third-order valence-corrected chi connectivity index (χ3v) is 2.95. The highest BCUT2D eigenvalue weighted by atomic mass is 35.5. The number of hydrogen-bond donors (Lipinski definition) is 2. The maximum atomic E-state index is 11.6. The van der Waals surface area contributed by atoms with E-state index >= 15 is 0 Å². The second kappa shape index (κ2) is 9.58. The molecule has 0 atom stereocenters. The van der Waals surface area contributed by atoms with Crippen LogP contribution in [-0.4, -0.2) is 39.3 Å². The van der Waals surface area contributed by atoms with Gasteiger partial charge in [-0.2, -0.15) is 0 Å². The number of nitrogens with one attached hydrogen (secondary N) is 1. The number of nitrogens with two attached hydrogens (primary N) is 1. The van der Waals surface area contributed by atoms with Gasteiger partial charge in [0.05, 0.1) is 5.02 Å². The zero-order valence-corrected chi connectivity index (χ0v) is 12.4. The molecule has 0 bridgehead atoms. The minimum absolute atomic E-state index is 0.0612. The lowest BCUT2D eigenvalue weighted by Crippen LogP contribution is -2.30. The van der Waals surface area contributed by atoms with E-state index in [4.69, 9.17) is 26.8 Å². The van der Waals surface area contributed by atoms with Crippen molar-refractivity contribution in [2.24, 2.45) is 5.73 Å². The lowest BCUT2D eigenvalue weighted by Gasteiger charge is -2.12. The predicted molar refractivity (Wildman–Crippen MR) is 79.2 cm³/mol. The van der Waals surface area contributed by atoms with Gasteiger partial charge in [-0.3, -0.25) is 4.79 Å². The maximum absolute atomic E-state index is 11.6. The van der Waals surface area contributed by atoms with E-state index in [0.29, 0.717) is 36.9 Å². The number of carbonyl (C=O) groups is 1. The molecule has 112 valence electrons. The van der Waals surface area contributed by atoms with E-state index in [-0.39, 0.29) is 12.5 Å². The average molecular weight is 301 g/mol. The highest BCUT2D eigenvalue weighted by molar-refractivity contribution is 6.32. The molecular formula is C14H21ClN2O3. The Bertz CT molecular complexity index is 427. The molecule has 0 radical (unpaired) electrons. The van der Waals surface area contributed by atoms with E-state index in [9.17, 15) is 4.79 Å². The Hall–Kier alpha value is -1.30. The molecule has 0 spiro atoms. The van der Waals surface area contributed by atoms with Crippen LogP contribution < -0.4 is 15.8 Å². The Kier molecular flexibility index (Phi) is 8.02. The summed E-state index contributed by atoms with van der Waals surface area (Å²) in [5, 5.41) is 3.24. The van der Waals surface area contributed by atoms with Gasteiger partial charge in [-0.1, -0.05) is 23.7 Å². The number of benzene rings is 1. The molecule has 20 heavy (non-hydrogen) atoms. The molecule has 5 nitrogen and oxygen atoms in total. The van der Waals surface area contributed by atoms with Crippen molar-refractivity contribution >= 4 is 17.5 Å². The lowest BCUT2D eigenvalue weighted by atomic mass is 10.1. The van der Waals surface area contributed by atoms with E-state index < -0.39 is 0 Å². The summed E-state index contributed by atoms with van der Waals surface area (Å²) in [6, 6.07) is 5.46. The number of para-hydroxylation sites is 1. The molecule has 0 aromatic heterocycles. The van der Waals surface area contributed by atoms with Crippen LogP contribution >= 0.6 is 11.6 Å². The van der Waals surface area contributed by atoms with Crippen LogP contribution in [0, 0.1) is 0 Å². The monoisotopic (exact) mass is 300 g/mol. The van der Waals surface area contributed by atoms with Crippen LogP contribution in [0.5, 0.6) is 5.75 Å². The Labute approximate surface area is 124 Å². The highest BCUT2D eigenvalue weighted by Crippen LogP contribution is 2.28. The van der Waals surface area contributed by atoms with E-state index in [0.717, 1.165) is 12.0 Å². The molecule has 0 unspecified atom stereocenters. The standard InChI is InChI=1S/C14H21ClN2O3/c1-19-9-3-8-17-13(18)10-20-14-11(6-7-16)4-2-5-12(14)15/h2,4-5H,3,6-10,16H2,1H3,(H,17,18). The SMILES string of the molecule is COCCCNC(=O)COc1c(Cl)cccc1CCN. The van der Waals surface area contributed by atoms with Crippen LogP contribution in [0.25, 0.3) is 0 Å². The molecule has 0 fully saturated rings. The smallest absolute Gasteiger partial charge is 0.257 e. The molecule has 0 aliphatic heterocycles. The van der Waals surface area contributed by atoms with Crippen LogP contribution in [0.3, 0.4) is 0 Å². The van der Waals surface area contributed by atoms with E-state index in [1.54, 1.807) is 13.2 Å². The first-order valence-corrected chi connectivity index (χ1v) is 6.92. The fourth-order valence-electron chi connectivity index (χ4n) is 1.70. The number of rotatable bonds is 9. The van der Waals surface area contributed by atoms with Gasteiger partial charge in [0, 0.05) is 20.3 Å². The molecule has 0 aliphatic carbocycles. The van der Waals surface area contributed by atoms with Gasteiger partial charge in [0.25, 0.3) is 5.91 Å². The van der Waals surface area contributed by atoms with Crippen molar-refractivity contribution in [2.45, 2.75) is 12.8 Å². The maximum Gasteiger partial charge on any atom is 0.257 e. The third-order valence-electron chi connectivity index (χ3n) is 2.66. The van der Waals surface area contributed by atoms with Crippen molar-refractivity contribution in [1.82, 2.24) is 5.32 Å². The molecule has 1 aromatic rings. The lowest BCUT2D eigenvalue weighted by molar-refractivity contribution is -0.123. The predicted octanol–water partition coefficient (Wildman–Crippen LogP) is 1.37. The van der Waals surface area contributed by atoms with Gasteiger partial charge in [-0.15, -0.1) is 0 Å². The second-order valence-corrected chi connectivity index (χ2v) is 4.66. The minimum atomic E-state index is -0.181. The first kappa shape index (κ1) is 16.8. The number of hydrogen-bond acceptors (Lipinski definition) is 4. The van der Waals surface area contributed by atoms with Gasteiger partial charge < -0.3 is 20.5 Å². The molecule has 0 saturated carbocycles. The molecule has 1 amide bonds. The van der Waals surface area contributed by atoms with Crippen molar-refractivity contribution in [2.75, 3.05) is 33.4 Å². The number of methoxy groups -OCH3 is 1. The number of halogens is 1. The summed E-state index contributed by atoms with van der Waals surface area (Å²) in [6.07, 6.45) is 1.43. The molecular weight excluding hydrogens is 280 g/mol. The minimum Gasteiger partial charge on any atom is -0.482 e. The van der Waals surface area contributed by atoms with Crippen LogP contribution in [0.4, 0.5) is 0 Å². The average Bonchev–Trinajstić information content (AvgIpc) is 2.43. The van der Waals surface area contributed by atoms with Crippen molar-refractivity contribution in [3.63, 3.8) is 0 Å². The number of amides is 1. The summed E-state index contributed by atoms with van der Waals surface area (Å²) < 4.78 is 10.4. The molecule has 0 saturated heterocycles. The van der Waals surface area contributed by atoms with Crippen molar-refractivity contribution in [1.29, 1.82) is 0 Å². The third kappa shape index (κ3) is 5.77. The van der Waals surface area contributed by atoms with Gasteiger partial charge in [0.1, 0.15) is 5.75 Å². The number of carbonyl (C=O) groups excluding carboxylic acids is 1. The normalized spacial score (nSPS) is 10.3. The topological polar surface area (TPSA) is 73.6 Å². The summed E-state index contributed by atoms with van der Waals surface area (Å²) in [6.45, 7) is 1.62. The van der Waals surface area contributed by atoms with E-state index in [2.05, 4.69) is 5.32 Å². The summed E-state index contributed by atoms with van der Waals surface area (Å²) in [7, 11) is 1.63. The van der Waals surface area contributed by atoms with Gasteiger partial charge in [0.15, 0.2) is 6.61 Å². The van der Waals surface area contributed by atoms with Crippen LogP contribution in [0.2, 0.25) is 5.02 Å². The zero-order valence-electron chi connectivity index (χ0n) is 11.7. The van der Waals surface area contributed by atoms with E-state index in [1.807, 2.05) is 12.1 Å². The Morgan fingerprint density at radius 2 is 2.25 bits per heavy atom. The molecule has 0 aliphatic rings. The Morgan fingerprint density at radius 3 is 2.95 bits per heavy atom. The first-order chi connectivity index (χ1) is 9.69. The van der Waals surface area contributed by atoms with Gasteiger partial charge in [-0.05, 0) is 31.0 Å². The molecule has 6 heteroatoms. The summed E-state index contributed by atoms with van der Waals surface area (Å²) in [5.74, 6) is 0.353. The van der Waals surface area contributed by atoms with E-state index in [1.165, 1.54) is 0 Å². The largest absolute Gasteiger partial charge is 0.482 e. The summed E-state index contributed by atoms with van der Waals surface area (Å²) >= 11 is 6.08. The van der Waals surface area contributed by atoms with Crippen LogP contribution in [-0.2, 0) is 16.0 Å². The summed E-state index contributed by atoms with van der Waals surface area (Å²) in [5.41, 5.74) is 6.45.